The average Bonchev–Trinajstić information content (AvgIpc) is 2.74. The smallest absolute Gasteiger partial charge is 0.0798 e. The summed E-state index contributed by atoms with van der Waals surface area (Å²) in [6.45, 7) is 2.87. The highest BCUT2D eigenvalue weighted by molar-refractivity contribution is 9.08. The minimum Gasteiger partial charge on any atom is -0.368 e. The molecule has 0 saturated carbocycles. The van der Waals surface area contributed by atoms with E-state index >= 15 is 0 Å². The molecule has 0 aliphatic carbocycles. The quantitative estimate of drug-likeness (QED) is 0.751. The van der Waals surface area contributed by atoms with Gasteiger partial charge in [-0.3, -0.25) is 0 Å². The molecule has 0 amide bonds. The fraction of sp³-hybridized carbons (Fsp3) is 0.308. The maximum atomic E-state index is 6.31. The van der Waals surface area contributed by atoms with Crippen LogP contribution >= 0.6 is 38.9 Å². The lowest BCUT2D eigenvalue weighted by atomic mass is 10.2. The predicted octanol–water partition coefficient (Wildman–Crippen LogP) is 4.64. The monoisotopic (exact) mass is 344 g/mol. The zero-order chi connectivity index (χ0) is 13.1. The van der Waals surface area contributed by atoms with E-state index in [2.05, 4.69) is 37.9 Å². The largest absolute Gasteiger partial charge is 0.368 e. The number of thiazole rings is 1. The number of halogens is 2. The summed E-state index contributed by atoms with van der Waals surface area (Å²) in [7, 11) is 2.05. The molecule has 0 bridgehead atoms. The molecule has 0 aliphatic rings. The number of aryl methyl sites for hydroxylation is 1. The van der Waals surface area contributed by atoms with Gasteiger partial charge in [-0.1, -0.05) is 33.6 Å². The van der Waals surface area contributed by atoms with Crippen LogP contribution in [-0.2, 0) is 11.9 Å². The molecule has 0 saturated heterocycles. The first-order valence-electron chi connectivity index (χ1n) is 5.56. The van der Waals surface area contributed by atoms with Crippen molar-refractivity contribution in [3.05, 3.63) is 44.9 Å². The Labute approximate surface area is 125 Å². The maximum Gasteiger partial charge on any atom is 0.0798 e. The number of benzene rings is 1. The highest BCUT2D eigenvalue weighted by Crippen LogP contribution is 2.28. The Balaban J connectivity index is 2.19. The molecule has 1 heterocycles. The Morgan fingerprint density at radius 3 is 2.78 bits per heavy atom. The lowest BCUT2D eigenvalue weighted by molar-refractivity contribution is 0.926. The van der Waals surface area contributed by atoms with Gasteiger partial charge in [-0.15, -0.1) is 11.3 Å². The standard InChI is InChI=1S/C13H14BrClN2S/c1-9-13(18-8-16-9)7-17(2)12-4-3-10(6-14)5-11(12)15/h3-5,8H,6-7H2,1-2H3. The van der Waals surface area contributed by atoms with Crippen molar-refractivity contribution < 1.29 is 0 Å². The fourth-order valence-corrected chi connectivity index (χ4v) is 3.25. The Kier molecular flexibility index (Phi) is 4.65. The minimum atomic E-state index is 0.789. The molecule has 1 aromatic heterocycles. The summed E-state index contributed by atoms with van der Waals surface area (Å²) in [5.74, 6) is 0. The summed E-state index contributed by atoms with van der Waals surface area (Å²) in [5.41, 5.74) is 5.22. The van der Waals surface area contributed by atoms with E-state index in [1.54, 1.807) is 11.3 Å². The van der Waals surface area contributed by atoms with Gasteiger partial charge in [0.05, 0.1) is 28.5 Å². The number of aromatic nitrogens is 1. The molecule has 0 aliphatic heterocycles. The molecule has 2 aromatic rings. The number of anilines is 1. The van der Waals surface area contributed by atoms with Crippen LogP contribution in [0.5, 0.6) is 0 Å². The van der Waals surface area contributed by atoms with E-state index in [4.69, 9.17) is 11.6 Å². The van der Waals surface area contributed by atoms with Gasteiger partial charge in [-0.05, 0) is 24.6 Å². The Morgan fingerprint density at radius 2 is 2.22 bits per heavy atom. The summed E-state index contributed by atoms with van der Waals surface area (Å²) < 4.78 is 0. The zero-order valence-corrected chi connectivity index (χ0v) is 13.4. The van der Waals surface area contributed by atoms with Gasteiger partial charge in [0.1, 0.15) is 0 Å². The average molecular weight is 346 g/mol. The second-order valence-corrected chi connectivity index (χ2v) is 6.04. The number of hydrogen-bond donors (Lipinski definition) is 0. The number of hydrogen-bond acceptors (Lipinski definition) is 3. The van der Waals surface area contributed by atoms with Crippen molar-refractivity contribution in [2.24, 2.45) is 0 Å². The first-order valence-corrected chi connectivity index (χ1v) is 7.94. The van der Waals surface area contributed by atoms with Crippen molar-refractivity contribution >= 4 is 44.6 Å². The SMILES string of the molecule is Cc1ncsc1CN(C)c1ccc(CBr)cc1Cl. The predicted molar refractivity (Wildman–Crippen MR) is 83.0 cm³/mol. The first kappa shape index (κ1) is 13.8. The van der Waals surface area contributed by atoms with Gasteiger partial charge < -0.3 is 4.90 Å². The van der Waals surface area contributed by atoms with Crippen LogP contribution in [0.3, 0.4) is 0 Å². The minimum absolute atomic E-state index is 0.789. The topological polar surface area (TPSA) is 16.1 Å². The van der Waals surface area contributed by atoms with E-state index in [1.165, 1.54) is 10.4 Å². The molecule has 18 heavy (non-hydrogen) atoms. The molecule has 0 radical (unpaired) electrons. The number of nitrogens with zero attached hydrogens (tertiary/aromatic N) is 2. The Morgan fingerprint density at radius 1 is 1.44 bits per heavy atom. The van der Waals surface area contributed by atoms with Gasteiger partial charge in [0.2, 0.25) is 0 Å². The number of alkyl halides is 1. The third-order valence-corrected chi connectivity index (χ3v) is 4.67. The van der Waals surface area contributed by atoms with Crippen molar-refractivity contribution in [2.75, 3.05) is 11.9 Å². The van der Waals surface area contributed by atoms with Crippen molar-refractivity contribution in [3.8, 4) is 0 Å². The van der Waals surface area contributed by atoms with Gasteiger partial charge in [0.15, 0.2) is 0 Å². The first-order chi connectivity index (χ1) is 8.61. The molecule has 2 rings (SSSR count). The van der Waals surface area contributed by atoms with Gasteiger partial charge >= 0.3 is 0 Å². The van der Waals surface area contributed by atoms with Crippen molar-refractivity contribution in [2.45, 2.75) is 18.8 Å². The zero-order valence-electron chi connectivity index (χ0n) is 10.3. The maximum absolute atomic E-state index is 6.31. The van der Waals surface area contributed by atoms with Crippen LogP contribution in [0.2, 0.25) is 5.02 Å². The lowest BCUT2D eigenvalue weighted by Gasteiger charge is -2.20. The molecule has 0 unspecified atom stereocenters. The van der Waals surface area contributed by atoms with Crippen LogP contribution in [0, 0.1) is 6.92 Å². The van der Waals surface area contributed by atoms with Gasteiger partial charge in [-0.2, -0.15) is 0 Å². The lowest BCUT2D eigenvalue weighted by Crippen LogP contribution is -2.16. The van der Waals surface area contributed by atoms with Crippen LogP contribution in [0.25, 0.3) is 0 Å². The normalized spacial score (nSPS) is 10.7. The van der Waals surface area contributed by atoms with E-state index in [9.17, 15) is 0 Å². The van der Waals surface area contributed by atoms with E-state index in [0.29, 0.717) is 0 Å². The molecule has 1 aromatic carbocycles. The summed E-state index contributed by atoms with van der Waals surface area (Å²) in [4.78, 5) is 7.70. The van der Waals surface area contributed by atoms with E-state index in [-0.39, 0.29) is 0 Å². The Bertz CT molecular complexity index is 542. The molecule has 0 N–H and O–H groups in total. The van der Waals surface area contributed by atoms with Crippen molar-refractivity contribution in [3.63, 3.8) is 0 Å². The third kappa shape index (κ3) is 3.05. The molecular weight excluding hydrogens is 332 g/mol. The number of rotatable bonds is 4. The molecule has 96 valence electrons. The molecule has 0 atom stereocenters. The second kappa shape index (κ2) is 6.04. The fourth-order valence-electron chi connectivity index (χ4n) is 1.72. The summed E-state index contributed by atoms with van der Waals surface area (Å²) in [5, 5.41) is 1.61. The van der Waals surface area contributed by atoms with Crippen LogP contribution < -0.4 is 4.90 Å². The van der Waals surface area contributed by atoms with Crippen molar-refractivity contribution in [1.29, 1.82) is 0 Å². The van der Waals surface area contributed by atoms with Gasteiger partial charge in [0.25, 0.3) is 0 Å². The molecule has 0 fully saturated rings. The van der Waals surface area contributed by atoms with Gasteiger partial charge in [0, 0.05) is 17.3 Å². The molecule has 2 nitrogen and oxygen atoms in total. The van der Waals surface area contributed by atoms with Crippen LogP contribution in [0.1, 0.15) is 16.1 Å². The van der Waals surface area contributed by atoms with Crippen LogP contribution in [-0.4, -0.2) is 12.0 Å². The Hall–Kier alpha value is -0.580. The molecule has 0 spiro atoms. The molecular formula is C13H14BrClN2S. The van der Waals surface area contributed by atoms with Crippen LogP contribution in [0.4, 0.5) is 5.69 Å². The summed E-state index contributed by atoms with van der Waals surface area (Å²) in [6, 6.07) is 6.16. The van der Waals surface area contributed by atoms with E-state index in [1.807, 2.05) is 25.5 Å². The van der Waals surface area contributed by atoms with Crippen LogP contribution in [0.15, 0.2) is 23.7 Å². The summed E-state index contributed by atoms with van der Waals surface area (Å²) >= 11 is 11.4. The third-order valence-electron chi connectivity index (χ3n) is 2.80. The van der Waals surface area contributed by atoms with Gasteiger partial charge in [-0.25, -0.2) is 4.98 Å². The summed E-state index contributed by atoms with van der Waals surface area (Å²) in [6.07, 6.45) is 0. The molecule has 5 heteroatoms. The van der Waals surface area contributed by atoms with E-state index < -0.39 is 0 Å². The highest BCUT2D eigenvalue weighted by Gasteiger charge is 2.10. The highest BCUT2D eigenvalue weighted by atomic mass is 79.9. The van der Waals surface area contributed by atoms with Crippen molar-refractivity contribution in [1.82, 2.24) is 4.98 Å². The second-order valence-electron chi connectivity index (χ2n) is 4.14. The van der Waals surface area contributed by atoms with E-state index in [0.717, 1.165) is 28.3 Å².